The molecule has 0 spiro atoms. The van der Waals surface area contributed by atoms with Crippen LogP contribution >= 0.6 is 0 Å². The van der Waals surface area contributed by atoms with E-state index in [1.807, 2.05) is 19.1 Å². The second kappa shape index (κ2) is 11.2. The van der Waals surface area contributed by atoms with Crippen LogP contribution in [0.1, 0.15) is 57.4 Å². The first-order valence-corrected chi connectivity index (χ1v) is 8.87. The topological polar surface area (TPSA) is 101 Å². The number of nitrogens with one attached hydrogen (secondary N) is 2. The summed E-state index contributed by atoms with van der Waals surface area (Å²) in [6, 6.07) is 6.32. The number of primary amides is 1. The Balaban J connectivity index is 2.54. The standard InChI is InChI=1S/C19H29N3O3/c1-3-4-5-6-7-8-18(24)22-16(13-17(20)23)19(25)21-15-11-9-14(2)10-12-15/h9-12,16H,3-8,13H2,1-2H3,(H2,20,23)(H,21,25)(H,22,24)/t16-/m1/s1. The number of amides is 3. The number of anilines is 1. The fraction of sp³-hybridized carbons (Fsp3) is 0.526. The molecule has 0 bridgehead atoms. The van der Waals surface area contributed by atoms with Crippen molar-refractivity contribution in [2.75, 3.05) is 5.32 Å². The molecule has 3 amide bonds. The zero-order chi connectivity index (χ0) is 18.7. The Morgan fingerprint density at radius 1 is 1.04 bits per heavy atom. The molecule has 1 aromatic rings. The lowest BCUT2D eigenvalue weighted by Crippen LogP contribution is -2.46. The summed E-state index contributed by atoms with van der Waals surface area (Å²) in [5.74, 6) is -1.31. The maximum Gasteiger partial charge on any atom is 0.247 e. The van der Waals surface area contributed by atoms with Crippen molar-refractivity contribution in [3.05, 3.63) is 29.8 Å². The van der Waals surface area contributed by atoms with Crippen molar-refractivity contribution in [3.8, 4) is 0 Å². The van der Waals surface area contributed by atoms with Crippen LogP contribution in [0.5, 0.6) is 0 Å². The predicted molar refractivity (Wildman–Crippen MR) is 98.9 cm³/mol. The van der Waals surface area contributed by atoms with Crippen LogP contribution in [-0.4, -0.2) is 23.8 Å². The van der Waals surface area contributed by atoms with Gasteiger partial charge >= 0.3 is 0 Å². The number of hydrogen-bond acceptors (Lipinski definition) is 3. The second-order valence-corrected chi connectivity index (χ2v) is 6.31. The minimum Gasteiger partial charge on any atom is -0.370 e. The molecule has 1 rings (SSSR count). The summed E-state index contributed by atoms with van der Waals surface area (Å²) in [4.78, 5) is 35.6. The Bertz CT molecular complexity index is 570. The highest BCUT2D eigenvalue weighted by Gasteiger charge is 2.22. The van der Waals surface area contributed by atoms with E-state index in [4.69, 9.17) is 5.73 Å². The molecule has 0 aliphatic heterocycles. The largest absolute Gasteiger partial charge is 0.370 e. The summed E-state index contributed by atoms with van der Waals surface area (Å²) in [5, 5.41) is 5.32. The predicted octanol–water partition coefficient (Wildman–Crippen LogP) is 2.65. The van der Waals surface area contributed by atoms with E-state index in [1.54, 1.807) is 12.1 Å². The number of hydrogen-bond donors (Lipinski definition) is 3. The summed E-state index contributed by atoms with van der Waals surface area (Å²) < 4.78 is 0. The molecule has 25 heavy (non-hydrogen) atoms. The first-order chi connectivity index (χ1) is 11.9. The molecule has 0 saturated heterocycles. The van der Waals surface area contributed by atoms with E-state index in [9.17, 15) is 14.4 Å². The monoisotopic (exact) mass is 347 g/mol. The molecular weight excluding hydrogens is 318 g/mol. The molecule has 6 heteroatoms. The van der Waals surface area contributed by atoms with Gasteiger partial charge in [0.05, 0.1) is 6.42 Å². The average Bonchev–Trinajstić information content (AvgIpc) is 2.55. The van der Waals surface area contributed by atoms with Crippen LogP contribution < -0.4 is 16.4 Å². The highest BCUT2D eigenvalue weighted by atomic mass is 16.2. The maximum absolute atomic E-state index is 12.4. The van der Waals surface area contributed by atoms with Crippen molar-refractivity contribution in [3.63, 3.8) is 0 Å². The molecule has 0 aromatic heterocycles. The lowest BCUT2D eigenvalue weighted by molar-refractivity contribution is -0.128. The second-order valence-electron chi connectivity index (χ2n) is 6.31. The molecule has 0 heterocycles. The van der Waals surface area contributed by atoms with E-state index in [0.717, 1.165) is 37.7 Å². The van der Waals surface area contributed by atoms with Crippen molar-refractivity contribution < 1.29 is 14.4 Å². The quantitative estimate of drug-likeness (QED) is 0.536. The highest BCUT2D eigenvalue weighted by Crippen LogP contribution is 2.10. The van der Waals surface area contributed by atoms with E-state index in [1.165, 1.54) is 0 Å². The van der Waals surface area contributed by atoms with Gasteiger partial charge in [-0.25, -0.2) is 0 Å². The minimum absolute atomic E-state index is 0.223. The molecule has 0 aliphatic rings. The maximum atomic E-state index is 12.4. The van der Waals surface area contributed by atoms with Gasteiger partial charge in [-0.1, -0.05) is 50.3 Å². The summed E-state index contributed by atoms with van der Waals surface area (Å²) in [5.41, 5.74) is 6.89. The molecule has 0 saturated carbocycles. The number of unbranched alkanes of at least 4 members (excludes halogenated alkanes) is 4. The number of benzene rings is 1. The summed E-state index contributed by atoms with van der Waals surface area (Å²) in [6.45, 7) is 4.08. The van der Waals surface area contributed by atoms with Gasteiger partial charge in [0.2, 0.25) is 17.7 Å². The number of rotatable bonds is 11. The lowest BCUT2D eigenvalue weighted by Gasteiger charge is -2.17. The van der Waals surface area contributed by atoms with E-state index in [0.29, 0.717) is 12.1 Å². The van der Waals surface area contributed by atoms with Gasteiger partial charge in [-0.2, -0.15) is 0 Å². The number of nitrogens with two attached hydrogens (primary N) is 1. The van der Waals surface area contributed by atoms with Crippen LogP contribution in [0.3, 0.4) is 0 Å². The van der Waals surface area contributed by atoms with Crippen molar-refractivity contribution in [1.29, 1.82) is 0 Å². The van der Waals surface area contributed by atoms with Gasteiger partial charge in [-0.05, 0) is 25.5 Å². The van der Waals surface area contributed by atoms with Gasteiger partial charge in [0.25, 0.3) is 0 Å². The normalized spacial score (nSPS) is 11.6. The smallest absolute Gasteiger partial charge is 0.247 e. The number of aryl methyl sites for hydroxylation is 1. The third-order valence-corrected chi connectivity index (χ3v) is 3.88. The van der Waals surface area contributed by atoms with E-state index in [2.05, 4.69) is 17.6 Å². The molecule has 0 radical (unpaired) electrons. The van der Waals surface area contributed by atoms with Crippen LogP contribution in [0.2, 0.25) is 0 Å². The van der Waals surface area contributed by atoms with Crippen LogP contribution in [0, 0.1) is 6.92 Å². The van der Waals surface area contributed by atoms with E-state index >= 15 is 0 Å². The molecular formula is C19H29N3O3. The Labute approximate surface area is 149 Å². The average molecular weight is 347 g/mol. The lowest BCUT2D eigenvalue weighted by atomic mass is 10.1. The molecule has 138 valence electrons. The van der Waals surface area contributed by atoms with Crippen molar-refractivity contribution in [2.45, 2.75) is 64.8 Å². The molecule has 0 aliphatic carbocycles. The first-order valence-electron chi connectivity index (χ1n) is 8.87. The van der Waals surface area contributed by atoms with Crippen molar-refractivity contribution in [1.82, 2.24) is 5.32 Å². The molecule has 4 N–H and O–H groups in total. The van der Waals surface area contributed by atoms with E-state index in [-0.39, 0.29) is 12.3 Å². The molecule has 1 atom stereocenters. The van der Waals surface area contributed by atoms with Gasteiger partial charge in [0.1, 0.15) is 6.04 Å². The van der Waals surface area contributed by atoms with Gasteiger partial charge in [-0.3, -0.25) is 14.4 Å². The molecule has 1 aromatic carbocycles. The Morgan fingerprint density at radius 2 is 1.68 bits per heavy atom. The summed E-state index contributed by atoms with van der Waals surface area (Å²) >= 11 is 0. The third kappa shape index (κ3) is 8.88. The van der Waals surface area contributed by atoms with Crippen LogP contribution in [0.25, 0.3) is 0 Å². The fourth-order valence-electron chi connectivity index (χ4n) is 2.43. The van der Waals surface area contributed by atoms with Gasteiger partial charge in [0.15, 0.2) is 0 Å². The third-order valence-electron chi connectivity index (χ3n) is 3.88. The van der Waals surface area contributed by atoms with Crippen LogP contribution in [0.4, 0.5) is 5.69 Å². The summed E-state index contributed by atoms with van der Waals surface area (Å²) in [6.07, 6.45) is 5.28. The summed E-state index contributed by atoms with van der Waals surface area (Å²) in [7, 11) is 0. The number of carbonyl (C=O) groups is 3. The Kier molecular flexibility index (Phi) is 9.29. The van der Waals surface area contributed by atoms with Crippen molar-refractivity contribution in [2.24, 2.45) is 5.73 Å². The molecule has 0 unspecified atom stereocenters. The SMILES string of the molecule is CCCCCCCC(=O)N[C@H](CC(N)=O)C(=O)Nc1ccc(C)cc1. The molecule has 0 fully saturated rings. The van der Waals surface area contributed by atoms with Crippen molar-refractivity contribution >= 4 is 23.4 Å². The first kappa shape index (κ1) is 20.7. The van der Waals surface area contributed by atoms with Gasteiger partial charge in [0, 0.05) is 12.1 Å². The number of carbonyl (C=O) groups excluding carboxylic acids is 3. The zero-order valence-electron chi connectivity index (χ0n) is 15.1. The minimum atomic E-state index is -0.957. The Hall–Kier alpha value is -2.37. The zero-order valence-corrected chi connectivity index (χ0v) is 15.1. The molecule has 6 nitrogen and oxygen atoms in total. The highest BCUT2D eigenvalue weighted by molar-refractivity contribution is 5.99. The Morgan fingerprint density at radius 3 is 2.28 bits per heavy atom. The fourth-order valence-corrected chi connectivity index (χ4v) is 2.43. The van der Waals surface area contributed by atoms with Gasteiger partial charge < -0.3 is 16.4 Å². The van der Waals surface area contributed by atoms with E-state index < -0.39 is 17.9 Å². The van der Waals surface area contributed by atoms with Crippen LogP contribution in [-0.2, 0) is 14.4 Å². The van der Waals surface area contributed by atoms with Gasteiger partial charge in [-0.15, -0.1) is 0 Å². The van der Waals surface area contributed by atoms with Crippen LogP contribution in [0.15, 0.2) is 24.3 Å².